The maximum atomic E-state index is 12.7. The molecule has 0 bridgehead atoms. The van der Waals surface area contributed by atoms with Gasteiger partial charge in [0.05, 0.1) is 5.75 Å². The van der Waals surface area contributed by atoms with Crippen LogP contribution in [0.5, 0.6) is 0 Å². The number of amides is 1. The molecule has 1 aliphatic rings. The summed E-state index contributed by atoms with van der Waals surface area (Å²) in [6.07, 6.45) is 1.02. The summed E-state index contributed by atoms with van der Waals surface area (Å²) in [7, 11) is -3.46. The molecule has 0 spiro atoms. The van der Waals surface area contributed by atoms with Gasteiger partial charge in [0.25, 0.3) is 0 Å². The summed E-state index contributed by atoms with van der Waals surface area (Å²) >= 11 is 6.10. The van der Waals surface area contributed by atoms with E-state index in [1.54, 1.807) is 24.3 Å². The van der Waals surface area contributed by atoms with Gasteiger partial charge >= 0.3 is 0 Å². The predicted molar refractivity (Wildman–Crippen MR) is 113 cm³/mol. The molecule has 0 radical (unpaired) electrons. The minimum atomic E-state index is -3.46. The topological polar surface area (TPSA) is 66.5 Å². The molecular weight excluding hydrogens is 396 g/mol. The number of hydrogen-bond acceptors (Lipinski definition) is 3. The third-order valence-corrected chi connectivity index (χ3v) is 7.35. The molecule has 0 aromatic heterocycles. The molecular formula is C21H25ClN2O3S. The molecule has 5 nitrogen and oxygen atoms in total. The average molecular weight is 421 g/mol. The Morgan fingerprint density at radius 1 is 1.14 bits per heavy atom. The van der Waals surface area contributed by atoms with Crippen LogP contribution in [0.2, 0.25) is 5.02 Å². The second-order valence-electron chi connectivity index (χ2n) is 7.33. The number of carbonyl (C=O) groups excluding carboxylic acids is 1. The Morgan fingerprint density at radius 2 is 1.82 bits per heavy atom. The van der Waals surface area contributed by atoms with Gasteiger partial charge < -0.3 is 5.32 Å². The van der Waals surface area contributed by atoms with Gasteiger partial charge in [-0.15, -0.1) is 0 Å². The number of aryl methyl sites for hydroxylation is 2. The Labute approximate surface area is 171 Å². The molecule has 1 heterocycles. The van der Waals surface area contributed by atoms with Crippen molar-refractivity contribution in [1.29, 1.82) is 0 Å². The number of halogens is 1. The fourth-order valence-electron chi connectivity index (χ4n) is 3.49. The summed E-state index contributed by atoms with van der Waals surface area (Å²) in [5, 5.41) is 3.44. The third kappa shape index (κ3) is 4.93. The number of benzene rings is 2. The zero-order valence-corrected chi connectivity index (χ0v) is 17.7. The molecule has 3 rings (SSSR count). The molecule has 1 saturated heterocycles. The number of sulfonamides is 1. The maximum absolute atomic E-state index is 12.7. The lowest BCUT2D eigenvalue weighted by atomic mass is 9.97. The molecule has 0 unspecified atom stereocenters. The normalized spacial score (nSPS) is 16.1. The number of nitrogens with zero attached hydrogens (tertiary/aromatic N) is 1. The van der Waals surface area contributed by atoms with Crippen LogP contribution in [0.3, 0.4) is 0 Å². The summed E-state index contributed by atoms with van der Waals surface area (Å²) < 4.78 is 26.9. The van der Waals surface area contributed by atoms with E-state index in [1.807, 2.05) is 32.0 Å². The van der Waals surface area contributed by atoms with Gasteiger partial charge in [-0.25, -0.2) is 12.7 Å². The Kier molecular flexibility index (Phi) is 6.43. The Hall–Kier alpha value is -1.89. The summed E-state index contributed by atoms with van der Waals surface area (Å²) in [5.74, 6) is -0.353. The average Bonchev–Trinajstić information content (AvgIpc) is 2.66. The highest BCUT2D eigenvalue weighted by molar-refractivity contribution is 7.88. The molecule has 1 N–H and O–H groups in total. The molecule has 2 aromatic rings. The van der Waals surface area contributed by atoms with Crippen LogP contribution in [0.4, 0.5) is 5.69 Å². The van der Waals surface area contributed by atoms with Crippen LogP contribution in [0.25, 0.3) is 0 Å². The van der Waals surface area contributed by atoms with Gasteiger partial charge in [0, 0.05) is 29.7 Å². The minimum Gasteiger partial charge on any atom is -0.326 e. The second kappa shape index (κ2) is 8.64. The highest BCUT2D eigenvalue weighted by atomic mass is 35.5. The van der Waals surface area contributed by atoms with Gasteiger partial charge in [-0.1, -0.05) is 47.5 Å². The first-order valence-electron chi connectivity index (χ1n) is 9.35. The SMILES string of the molecule is Cc1ccc(NC(=O)C2CCN(S(=O)(=O)Cc3ccccc3Cl)CC2)c(C)c1. The van der Waals surface area contributed by atoms with Crippen molar-refractivity contribution in [2.24, 2.45) is 5.92 Å². The first-order chi connectivity index (χ1) is 13.3. The largest absolute Gasteiger partial charge is 0.326 e. The molecule has 2 aromatic carbocycles. The van der Waals surface area contributed by atoms with Crippen LogP contribution < -0.4 is 5.32 Å². The highest BCUT2D eigenvalue weighted by Gasteiger charge is 2.31. The van der Waals surface area contributed by atoms with E-state index >= 15 is 0 Å². The predicted octanol–water partition coefficient (Wildman–Crippen LogP) is 4.14. The lowest BCUT2D eigenvalue weighted by molar-refractivity contribution is -0.120. The van der Waals surface area contributed by atoms with E-state index in [0.29, 0.717) is 36.5 Å². The first kappa shape index (κ1) is 20.8. The number of rotatable bonds is 5. The van der Waals surface area contributed by atoms with Crippen molar-refractivity contribution in [2.45, 2.75) is 32.4 Å². The molecule has 28 heavy (non-hydrogen) atoms. The van der Waals surface area contributed by atoms with E-state index in [4.69, 9.17) is 11.6 Å². The number of piperidine rings is 1. The summed E-state index contributed by atoms with van der Waals surface area (Å²) in [4.78, 5) is 12.6. The van der Waals surface area contributed by atoms with E-state index in [1.165, 1.54) is 4.31 Å². The van der Waals surface area contributed by atoms with Gasteiger partial charge in [-0.2, -0.15) is 0 Å². The number of nitrogens with one attached hydrogen (secondary N) is 1. The van der Waals surface area contributed by atoms with Gasteiger partial charge in [-0.05, 0) is 49.9 Å². The zero-order chi connectivity index (χ0) is 20.3. The van der Waals surface area contributed by atoms with E-state index in [-0.39, 0.29) is 17.6 Å². The molecule has 0 aliphatic carbocycles. The zero-order valence-electron chi connectivity index (χ0n) is 16.1. The van der Waals surface area contributed by atoms with Crippen molar-refractivity contribution in [3.05, 3.63) is 64.2 Å². The van der Waals surface area contributed by atoms with Gasteiger partial charge in [-0.3, -0.25) is 4.79 Å². The van der Waals surface area contributed by atoms with E-state index in [9.17, 15) is 13.2 Å². The standard InChI is InChI=1S/C21H25ClN2O3S/c1-15-7-8-20(16(2)13-15)23-21(25)17-9-11-24(12-10-17)28(26,27)14-18-5-3-4-6-19(18)22/h3-8,13,17H,9-12,14H2,1-2H3,(H,23,25). The Bertz CT molecular complexity index is 967. The second-order valence-corrected chi connectivity index (χ2v) is 9.70. The molecule has 7 heteroatoms. The smallest absolute Gasteiger partial charge is 0.227 e. The van der Waals surface area contributed by atoms with Crippen LogP contribution in [0, 0.1) is 19.8 Å². The fraction of sp³-hybridized carbons (Fsp3) is 0.381. The highest BCUT2D eigenvalue weighted by Crippen LogP contribution is 2.25. The van der Waals surface area contributed by atoms with Crippen LogP contribution in [0.1, 0.15) is 29.5 Å². The minimum absolute atomic E-state index is 0.0462. The van der Waals surface area contributed by atoms with Gasteiger partial charge in [0.2, 0.25) is 15.9 Å². The van der Waals surface area contributed by atoms with Crippen molar-refractivity contribution < 1.29 is 13.2 Å². The van der Waals surface area contributed by atoms with E-state index in [0.717, 1.165) is 16.8 Å². The summed E-state index contributed by atoms with van der Waals surface area (Å²) in [6, 6.07) is 12.9. The van der Waals surface area contributed by atoms with E-state index in [2.05, 4.69) is 5.32 Å². The Morgan fingerprint density at radius 3 is 2.46 bits per heavy atom. The van der Waals surface area contributed by atoms with Crippen molar-refractivity contribution in [3.8, 4) is 0 Å². The molecule has 150 valence electrons. The Balaban J connectivity index is 1.59. The van der Waals surface area contributed by atoms with Crippen LogP contribution >= 0.6 is 11.6 Å². The molecule has 1 amide bonds. The summed E-state index contributed by atoms with van der Waals surface area (Å²) in [5.41, 5.74) is 3.57. The molecule has 0 saturated carbocycles. The van der Waals surface area contributed by atoms with Crippen molar-refractivity contribution >= 4 is 33.2 Å². The monoisotopic (exact) mass is 420 g/mol. The van der Waals surface area contributed by atoms with Crippen molar-refractivity contribution in [2.75, 3.05) is 18.4 Å². The third-order valence-electron chi connectivity index (χ3n) is 5.15. The first-order valence-corrected chi connectivity index (χ1v) is 11.3. The van der Waals surface area contributed by atoms with E-state index < -0.39 is 10.0 Å². The van der Waals surface area contributed by atoms with Gasteiger partial charge in [0.1, 0.15) is 0 Å². The lowest BCUT2D eigenvalue weighted by Crippen LogP contribution is -2.42. The van der Waals surface area contributed by atoms with Crippen molar-refractivity contribution in [1.82, 2.24) is 4.31 Å². The quantitative estimate of drug-likeness (QED) is 0.790. The maximum Gasteiger partial charge on any atom is 0.227 e. The number of carbonyl (C=O) groups is 1. The molecule has 0 atom stereocenters. The van der Waals surface area contributed by atoms with Gasteiger partial charge in [0.15, 0.2) is 0 Å². The van der Waals surface area contributed by atoms with Crippen LogP contribution in [0.15, 0.2) is 42.5 Å². The number of hydrogen-bond donors (Lipinski definition) is 1. The molecule has 1 aliphatic heterocycles. The summed E-state index contributed by atoms with van der Waals surface area (Å²) in [6.45, 7) is 4.67. The fourth-order valence-corrected chi connectivity index (χ4v) is 5.36. The van der Waals surface area contributed by atoms with Crippen LogP contribution in [-0.2, 0) is 20.6 Å². The number of anilines is 1. The lowest BCUT2D eigenvalue weighted by Gasteiger charge is -2.30. The van der Waals surface area contributed by atoms with Crippen LogP contribution in [-0.4, -0.2) is 31.7 Å². The van der Waals surface area contributed by atoms with Crippen molar-refractivity contribution in [3.63, 3.8) is 0 Å². The molecule has 1 fully saturated rings.